The highest BCUT2D eigenvalue weighted by molar-refractivity contribution is 6.25. The predicted octanol–water partition coefficient (Wildman–Crippen LogP) is 6.17. The zero-order valence-electron chi connectivity index (χ0n) is 24.9. The van der Waals surface area contributed by atoms with Gasteiger partial charge < -0.3 is 15.2 Å². The number of carbonyl (C=O) groups excluding carboxylic acids is 4. The number of hydrogen-bond donors (Lipinski definition) is 2. The summed E-state index contributed by atoms with van der Waals surface area (Å²) >= 11 is 0. The van der Waals surface area contributed by atoms with Gasteiger partial charge in [-0.05, 0) is 92.8 Å². The lowest BCUT2D eigenvalue weighted by Crippen LogP contribution is -2.39. The number of nitrogens with zero attached hydrogens (tertiary/aromatic N) is 1. The van der Waals surface area contributed by atoms with Gasteiger partial charge in [0.25, 0.3) is 0 Å². The number of phenols is 1. The molecule has 226 valence electrons. The van der Waals surface area contributed by atoms with Crippen LogP contribution in [-0.2, 0) is 19.2 Å². The molecular formula is C37H32N2O6. The molecule has 45 heavy (non-hydrogen) atoms. The Kier molecular flexibility index (Phi) is 7.00. The van der Waals surface area contributed by atoms with Crippen LogP contribution in [0.5, 0.6) is 11.5 Å². The van der Waals surface area contributed by atoms with E-state index in [9.17, 15) is 24.3 Å². The maximum Gasteiger partial charge on any atom is 0.238 e. The molecular weight excluding hydrogens is 568 g/mol. The number of hydrogen-bond acceptors (Lipinski definition) is 7. The number of imide groups is 1. The average molecular weight is 601 g/mol. The van der Waals surface area contributed by atoms with E-state index in [0.29, 0.717) is 41.0 Å². The van der Waals surface area contributed by atoms with Gasteiger partial charge in [-0.3, -0.25) is 24.1 Å². The normalized spacial score (nSPS) is 24.1. The van der Waals surface area contributed by atoms with Crippen LogP contribution in [0, 0.1) is 17.8 Å². The van der Waals surface area contributed by atoms with Gasteiger partial charge in [-0.1, -0.05) is 35.9 Å². The molecule has 3 aromatic carbocycles. The summed E-state index contributed by atoms with van der Waals surface area (Å²) < 4.78 is 5.66. The molecule has 0 saturated carbocycles. The number of ketones is 2. The first-order chi connectivity index (χ1) is 21.8. The largest absolute Gasteiger partial charge is 0.504 e. The number of aromatic hydroxyl groups is 1. The van der Waals surface area contributed by atoms with Crippen molar-refractivity contribution < 1.29 is 29.0 Å². The first kappa shape index (κ1) is 28.5. The van der Waals surface area contributed by atoms with Gasteiger partial charge in [0.1, 0.15) is 0 Å². The standard InChI is InChI=1S/C37H32N2O6/c1-3-45-31-18-21(9-16-29(31)40)32-25-14-15-26-33(27(25)19-28-30(41)17-20(2)35(42)34(28)32)37(44)39(36(26)43)24-12-10-23(11-13-24)38-22-7-5-4-6-8-22/h4-14,16-18,26-27,32-33,38,40H,3,15,19H2,1-2H3. The highest BCUT2D eigenvalue weighted by Crippen LogP contribution is 2.56. The molecule has 2 amide bonds. The Bertz CT molecular complexity index is 1850. The van der Waals surface area contributed by atoms with Crippen LogP contribution in [0.2, 0.25) is 0 Å². The summed E-state index contributed by atoms with van der Waals surface area (Å²) in [5.41, 5.74) is 4.94. The summed E-state index contributed by atoms with van der Waals surface area (Å²) in [7, 11) is 0. The Morgan fingerprint density at radius 1 is 0.911 bits per heavy atom. The number of amides is 2. The van der Waals surface area contributed by atoms with E-state index >= 15 is 0 Å². The second-order valence-corrected chi connectivity index (χ2v) is 11.9. The molecule has 4 atom stereocenters. The monoisotopic (exact) mass is 600 g/mol. The molecule has 7 rings (SSSR count). The molecule has 8 nitrogen and oxygen atoms in total. The van der Waals surface area contributed by atoms with Crippen LogP contribution in [0.25, 0.3) is 0 Å². The molecule has 3 aromatic rings. The van der Waals surface area contributed by atoms with E-state index in [1.54, 1.807) is 31.2 Å². The lowest BCUT2D eigenvalue weighted by atomic mass is 9.59. The molecule has 2 N–H and O–H groups in total. The number of carbonyl (C=O) groups is 4. The van der Waals surface area contributed by atoms with Gasteiger partial charge in [0.05, 0.1) is 24.1 Å². The Balaban J connectivity index is 1.25. The zero-order valence-corrected chi connectivity index (χ0v) is 24.9. The minimum atomic E-state index is -0.672. The fourth-order valence-corrected chi connectivity index (χ4v) is 7.36. The minimum absolute atomic E-state index is 0.0285. The molecule has 1 saturated heterocycles. The number of ether oxygens (including phenoxy) is 1. The fourth-order valence-electron chi connectivity index (χ4n) is 7.36. The van der Waals surface area contributed by atoms with E-state index < -0.39 is 23.7 Å². The van der Waals surface area contributed by atoms with Gasteiger partial charge in [0.15, 0.2) is 23.1 Å². The summed E-state index contributed by atoms with van der Waals surface area (Å²) in [6.45, 7) is 3.78. The van der Waals surface area contributed by atoms with Gasteiger partial charge >= 0.3 is 0 Å². The third kappa shape index (κ3) is 4.68. The molecule has 0 aromatic heterocycles. The first-order valence-electron chi connectivity index (χ1n) is 15.2. The Morgan fingerprint density at radius 2 is 1.64 bits per heavy atom. The second-order valence-electron chi connectivity index (χ2n) is 11.9. The number of nitrogens with one attached hydrogen (secondary N) is 1. The third-order valence-corrected chi connectivity index (χ3v) is 9.37. The molecule has 1 heterocycles. The Labute approximate surface area is 260 Å². The predicted molar refractivity (Wildman–Crippen MR) is 169 cm³/mol. The van der Waals surface area contributed by atoms with Crippen LogP contribution in [0.4, 0.5) is 17.1 Å². The van der Waals surface area contributed by atoms with E-state index in [1.165, 1.54) is 17.0 Å². The van der Waals surface area contributed by atoms with Crippen molar-refractivity contribution in [3.63, 3.8) is 0 Å². The van der Waals surface area contributed by atoms with Crippen molar-refractivity contribution in [2.75, 3.05) is 16.8 Å². The lowest BCUT2D eigenvalue weighted by Gasteiger charge is -2.42. The molecule has 1 fully saturated rings. The van der Waals surface area contributed by atoms with Crippen LogP contribution in [-0.4, -0.2) is 35.1 Å². The molecule has 4 aliphatic rings. The van der Waals surface area contributed by atoms with Gasteiger partial charge in [-0.25, -0.2) is 0 Å². The van der Waals surface area contributed by atoms with Gasteiger partial charge in [-0.2, -0.15) is 0 Å². The summed E-state index contributed by atoms with van der Waals surface area (Å²) in [5.74, 6) is -3.05. The quantitative estimate of drug-likeness (QED) is 0.198. The number of allylic oxidation sites excluding steroid dienone is 6. The van der Waals surface area contributed by atoms with E-state index in [-0.39, 0.29) is 41.3 Å². The van der Waals surface area contributed by atoms with Gasteiger partial charge in [-0.15, -0.1) is 0 Å². The summed E-state index contributed by atoms with van der Waals surface area (Å²) in [6, 6.07) is 21.9. The minimum Gasteiger partial charge on any atom is -0.504 e. The van der Waals surface area contributed by atoms with Crippen LogP contribution in [0.1, 0.15) is 38.2 Å². The summed E-state index contributed by atoms with van der Waals surface area (Å²) in [4.78, 5) is 56.4. The number of para-hydroxylation sites is 1. The Morgan fingerprint density at radius 3 is 2.38 bits per heavy atom. The molecule has 0 spiro atoms. The fraction of sp³-hybridized carbons (Fsp3) is 0.243. The highest BCUT2D eigenvalue weighted by atomic mass is 16.5. The molecule has 1 aliphatic heterocycles. The zero-order chi connectivity index (χ0) is 31.4. The van der Waals surface area contributed by atoms with Gasteiger partial charge in [0, 0.05) is 34.0 Å². The van der Waals surface area contributed by atoms with Gasteiger partial charge in [0.2, 0.25) is 11.8 Å². The molecule has 0 bridgehead atoms. The lowest BCUT2D eigenvalue weighted by molar-refractivity contribution is -0.123. The van der Waals surface area contributed by atoms with Crippen LogP contribution in [0.3, 0.4) is 0 Å². The van der Waals surface area contributed by atoms with E-state index in [4.69, 9.17) is 4.74 Å². The van der Waals surface area contributed by atoms with E-state index in [2.05, 4.69) is 5.32 Å². The van der Waals surface area contributed by atoms with Crippen LogP contribution < -0.4 is 15.0 Å². The van der Waals surface area contributed by atoms with Crippen LogP contribution in [0.15, 0.2) is 107 Å². The van der Waals surface area contributed by atoms with Crippen molar-refractivity contribution in [3.05, 3.63) is 113 Å². The average Bonchev–Trinajstić information content (AvgIpc) is 3.30. The van der Waals surface area contributed by atoms with Crippen molar-refractivity contribution in [2.45, 2.75) is 32.6 Å². The first-order valence-corrected chi connectivity index (χ1v) is 15.2. The number of benzene rings is 3. The smallest absolute Gasteiger partial charge is 0.238 e. The molecule has 0 radical (unpaired) electrons. The topological polar surface area (TPSA) is 113 Å². The maximum absolute atomic E-state index is 14.2. The van der Waals surface area contributed by atoms with Crippen LogP contribution >= 0.6 is 0 Å². The molecule has 8 heteroatoms. The maximum atomic E-state index is 14.2. The SMILES string of the molecule is CCOc1cc(C2C3=CCC4C(=O)N(c5ccc(Nc6ccccc6)cc5)C(=O)C4C3CC3=C2C(=O)C(C)=CC3=O)ccc1O. The highest BCUT2D eigenvalue weighted by Gasteiger charge is 2.56. The van der Waals surface area contributed by atoms with Crippen molar-refractivity contribution in [1.82, 2.24) is 0 Å². The number of anilines is 3. The van der Waals surface area contributed by atoms with Crippen molar-refractivity contribution >= 4 is 40.4 Å². The Hall–Kier alpha value is -5.24. The van der Waals surface area contributed by atoms with Crippen molar-refractivity contribution in [3.8, 4) is 11.5 Å². The van der Waals surface area contributed by atoms with Crippen molar-refractivity contribution in [1.29, 1.82) is 0 Å². The van der Waals surface area contributed by atoms with E-state index in [0.717, 1.165) is 16.9 Å². The number of phenolic OH excluding ortho intramolecular Hbond substituents is 1. The number of rotatable bonds is 6. The second kappa shape index (κ2) is 11.0. The number of fused-ring (bicyclic) bond motifs is 3. The van der Waals surface area contributed by atoms with Crippen molar-refractivity contribution in [2.24, 2.45) is 17.8 Å². The summed E-state index contributed by atoms with van der Waals surface area (Å²) in [5, 5.41) is 13.7. The van der Waals surface area contributed by atoms with E-state index in [1.807, 2.05) is 55.5 Å². The number of Topliss-reactive ketones (excluding diaryl/α,β-unsaturated/α-hetero) is 1. The molecule has 4 unspecified atom stereocenters. The molecule has 3 aliphatic carbocycles. The third-order valence-electron chi connectivity index (χ3n) is 9.37. The summed E-state index contributed by atoms with van der Waals surface area (Å²) in [6.07, 6.45) is 3.91.